The number of quaternary nitrogens is 1. The maximum Gasteiger partial charge on any atom is 0.137 e. The molecule has 23 heavy (non-hydrogen) atoms. The van der Waals surface area contributed by atoms with E-state index < -0.39 is 5.97 Å². The second-order valence-electron chi connectivity index (χ2n) is 5.78. The van der Waals surface area contributed by atoms with E-state index in [1.165, 1.54) is 44.8 Å². The van der Waals surface area contributed by atoms with E-state index >= 15 is 0 Å². The molecule has 0 atom stereocenters. The van der Waals surface area contributed by atoms with Crippen LogP contribution in [-0.2, 0) is 4.79 Å². The van der Waals surface area contributed by atoms with E-state index in [1.807, 2.05) is 24.3 Å². The molecule has 128 valence electrons. The summed E-state index contributed by atoms with van der Waals surface area (Å²) in [5.41, 5.74) is 0.799. The summed E-state index contributed by atoms with van der Waals surface area (Å²) >= 11 is 0. The van der Waals surface area contributed by atoms with Crippen LogP contribution in [0.5, 0.6) is 5.75 Å². The maximum atomic E-state index is 10.4. The van der Waals surface area contributed by atoms with Crippen LogP contribution in [0.15, 0.2) is 30.3 Å². The maximum absolute atomic E-state index is 10.4. The van der Waals surface area contributed by atoms with Crippen LogP contribution in [0.25, 0.3) is 6.08 Å². The predicted octanol–water partition coefficient (Wildman–Crippen LogP) is 1.31. The van der Waals surface area contributed by atoms with Gasteiger partial charge in [-0.25, -0.2) is 0 Å². The first kappa shape index (κ1) is 19.2. The summed E-state index contributed by atoms with van der Waals surface area (Å²) in [5.74, 6) is -0.418. The Labute approximate surface area is 139 Å². The monoisotopic (exact) mass is 319 g/mol. The highest BCUT2D eigenvalue weighted by Crippen LogP contribution is 2.14. The molecule has 1 aromatic rings. The van der Waals surface area contributed by atoms with Crippen molar-refractivity contribution in [2.45, 2.75) is 39.5 Å². The van der Waals surface area contributed by atoms with E-state index in [2.05, 4.69) is 13.8 Å². The lowest BCUT2D eigenvalue weighted by atomic mass is 10.2. The Morgan fingerprint density at radius 3 is 2.48 bits per heavy atom. The van der Waals surface area contributed by atoms with Gasteiger partial charge in [0.2, 0.25) is 0 Å². The molecule has 0 aliphatic rings. The van der Waals surface area contributed by atoms with Crippen molar-refractivity contribution in [3.05, 3.63) is 35.9 Å². The zero-order valence-corrected chi connectivity index (χ0v) is 14.3. The summed E-state index contributed by atoms with van der Waals surface area (Å²) in [7, 11) is 0. The lowest BCUT2D eigenvalue weighted by molar-refractivity contribution is -0.900. The van der Waals surface area contributed by atoms with Crippen LogP contribution in [0.3, 0.4) is 0 Å². The molecule has 4 heteroatoms. The zero-order chi connectivity index (χ0) is 16.9. The van der Waals surface area contributed by atoms with Crippen LogP contribution in [0, 0.1) is 0 Å². The topological polar surface area (TPSA) is 53.8 Å². The molecule has 1 N–H and O–H groups in total. The number of carboxylic acids is 1. The molecule has 0 aromatic heterocycles. The molecule has 0 aliphatic heterocycles. The molecule has 0 saturated heterocycles. The number of carboxylic acid groups (broad SMARTS) is 1. The molecule has 0 saturated carbocycles. The van der Waals surface area contributed by atoms with Crippen molar-refractivity contribution >= 4 is 12.0 Å². The SMILES string of the molecule is CCCC[NH+](CCCC)CCOc1cccc(/C=C/C(=O)[O-])c1. The Morgan fingerprint density at radius 1 is 1.17 bits per heavy atom. The highest BCUT2D eigenvalue weighted by Gasteiger charge is 2.07. The van der Waals surface area contributed by atoms with Gasteiger partial charge in [-0.05, 0) is 36.6 Å². The van der Waals surface area contributed by atoms with Gasteiger partial charge in [-0.3, -0.25) is 0 Å². The third-order valence-corrected chi connectivity index (χ3v) is 3.76. The number of unbranched alkanes of at least 4 members (excludes halogenated alkanes) is 2. The average Bonchev–Trinajstić information content (AvgIpc) is 2.55. The van der Waals surface area contributed by atoms with Crippen molar-refractivity contribution in [2.75, 3.05) is 26.2 Å². The molecule has 0 radical (unpaired) electrons. The minimum Gasteiger partial charge on any atom is -0.545 e. The Balaban J connectivity index is 2.46. The lowest BCUT2D eigenvalue weighted by Gasteiger charge is -2.19. The van der Waals surface area contributed by atoms with Crippen molar-refractivity contribution in [2.24, 2.45) is 0 Å². The number of hydrogen-bond acceptors (Lipinski definition) is 3. The number of carbonyl (C=O) groups excluding carboxylic acids is 1. The van der Waals surface area contributed by atoms with Gasteiger partial charge in [-0.2, -0.15) is 0 Å². The molecule has 0 spiro atoms. The molecular formula is C19H29NO3. The third-order valence-electron chi connectivity index (χ3n) is 3.76. The number of rotatable bonds is 12. The average molecular weight is 319 g/mol. The van der Waals surface area contributed by atoms with Gasteiger partial charge in [-0.15, -0.1) is 0 Å². The molecule has 0 fully saturated rings. The van der Waals surface area contributed by atoms with Crippen LogP contribution >= 0.6 is 0 Å². The molecular weight excluding hydrogens is 290 g/mol. The van der Waals surface area contributed by atoms with Gasteiger partial charge < -0.3 is 19.5 Å². The van der Waals surface area contributed by atoms with Crippen molar-refractivity contribution in [3.8, 4) is 5.75 Å². The van der Waals surface area contributed by atoms with Crippen molar-refractivity contribution in [1.82, 2.24) is 0 Å². The molecule has 0 amide bonds. The second kappa shape index (κ2) is 11.7. The van der Waals surface area contributed by atoms with Crippen LogP contribution in [-0.4, -0.2) is 32.2 Å². The number of carbonyl (C=O) groups is 1. The number of hydrogen-bond donors (Lipinski definition) is 1. The second-order valence-corrected chi connectivity index (χ2v) is 5.78. The van der Waals surface area contributed by atoms with Gasteiger partial charge in [-0.1, -0.05) is 44.9 Å². The number of aliphatic carboxylic acids is 1. The van der Waals surface area contributed by atoms with E-state index in [4.69, 9.17) is 4.74 Å². The fourth-order valence-electron chi connectivity index (χ4n) is 2.41. The Bertz CT molecular complexity index is 477. The fourth-order valence-corrected chi connectivity index (χ4v) is 2.41. The van der Waals surface area contributed by atoms with Crippen LogP contribution in [0.4, 0.5) is 0 Å². The third kappa shape index (κ3) is 9.04. The standard InChI is InChI=1S/C19H29NO3/c1-3-5-12-20(13-6-4-2)14-15-23-18-9-7-8-17(16-18)10-11-19(21)22/h7-11,16H,3-6,12-15H2,1-2H3,(H,21,22)/b11-10+. The van der Waals surface area contributed by atoms with E-state index in [0.717, 1.165) is 23.9 Å². The van der Waals surface area contributed by atoms with E-state index in [9.17, 15) is 9.90 Å². The van der Waals surface area contributed by atoms with E-state index in [0.29, 0.717) is 6.61 Å². The quantitative estimate of drug-likeness (QED) is 0.591. The molecule has 1 rings (SSSR count). The Hall–Kier alpha value is -1.81. The van der Waals surface area contributed by atoms with Gasteiger partial charge >= 0.3 is 0 Å². The first-order valence-electron chi connectivity index (χ1n) is 8.61. The highest BCUT2D eigenvalue weighted by atomic mass is 16.5. The summed E-state index contributed by atoms with van der Waals surface area (Å²) < 4.78 is 5.83. The summed E-state index contributed by atoms with van der Waals surface area (Å²) in [6.45, 7) is 8.53. The van der Waals surface area contributed by atoms with Gasteiger partial charge in [0.05, 0.1) is 19.1 Å². The minimum atomic E-state index is -1.19. The zero-order valence-electron chi connectivity index (χ0n) is 14.3. The van der Waals surface area contributed by atoms with Crippen molar-refractivity contribution < 1.29 is 19.5 Å². The van der Waals surface area contributed by atoms with Crippen molar-refractivity contribution in [3.63, 3.8) is 0 Å². The van der Waals surface area contributed by atoms with Crippen LogP contribution in [0.1, 0.15) is 45.1 Å². The van der Waals surface area contributed by atoms with Crippen LogP contribution in [0.2, 0.25) is 0 Å². The highest BCUT2D eigenvalue weighted by molar-refractivity contribution is 5.83. The molecule has 1 aromatic carbocycles. The summed E-state index contributed by atoms with van der Waals surface area (Å²) in [5, 5.41) is 10.4. The molecule has 4 nitrogen and oxygen atoms in total. The van der Waals surface area contributed by atoms with Gasteiger partial charge in [0.25, 0.3) is 0 Å². The van der Waals surface area contributed by atoms with E-state index in [-0.39, 0.29) is 0 Å². The normalized spacial score (nSPS) is 11.3. The molecule has 0 bridgehead atoms. The smallest absolute Gasteiger partial charge is 0.137 e. The molecule has 0 aliphatic carbocycles. The van der Waals surface area contributed by atoms with E-state index in [1.54, 1.807) is 4.90 Å². The minimum absolute atomic E-state index is 0.677. The summed E-state index contributed by atoms with van der Waals surface area (Å²) in [6, 6.07) is 7.45. The van der Waals surface area contributed by atoms with Gasteiger partial charge in [0.1, 0.15) is 18.9 Å². The number of benzene rings is 1. The molecule has 0 unspecified atom stereocenters. The van der Waals surface area contributed by atoms with Gasteiger partial charge in [0.15, 0.2) is 0 Å². The first-order valence-corrected chi connectivity index (χ1v) is 8.61. The predicted molar refractivity (Wildman–Crippen MR) is 91.4 cm³/mol. The van der Waals surface area contributed by atoms with Crippen molar-refractivity contribution in [1.29, 1.82) is 0 Å². The molecule has 0 heterocycles. The largest absolute Gasteiger partial charge is 0.545 e. The number of ether oxygens (including phenoxy) is 1. The van der Waals surface area contributed by atoms with Crippen LogP contribution < -0.4 is 14.7 Å². The fraction of sp³-hybridized carbons (Fsp3) is 0.526. The van der Waals surface area contributed by atoms with Gasteiger partial charge in [0, 0.05) is 0 Å². The number of nitrogens with one attached hydrogen (secondary N) is 1. The Kier molecular flexibility index (Phi) is 9.80. The summed E-state index contributed by atoms with van der Waals surface area (Å²) in [4.78, 5) is 12.0. The summed E-state index contributed by atoms with van der Waals surface area (Å²) in [6.07, 6.45) is 7.50. The Morgan fingerprint density at radius 2 is 1.87 bits per heavy atom. The first-order chi connectivity index (χ1) is 11.2. The lowest BCUT2D eigenvalue weighted by Crippen LogP contribution is -3.12.